The molecule has 4 rings (SSSR count). The predicted molar refractivity (Wildman–Crippen MR) is 93.8 cm³/mol. The van der Waals surface area contributed by atoms with Crippen LogP contribution >= 0.6 is 0 Å². The highest BCUT2D eigenvalue weighted by Crippen LogP contribution is 2.27. The van der Waals surface area contributed by atoms with E-state index in [1.165, 1.54) is 0 Å². The van der Waals surface area contributed by atoms with Crippen molar-refractivity contribution in [2.45, 2.75) is 6.92 Å². The number of aromatic amines is 1. The maximum absolute atomic E-state index is 4.74. The van der Waals surface area contributed by atoms with E-state index in [4.69, 9.17) is 4.98 Å². The van der Waals surface area contributed by atoms with Gasteiger partial charge in [-0.1, -0.05) is 48.5 Å². The number of nitrogens with one attached hydrogen (secondary N) is 2. The van der Waals surface area contributed by atoms with Crippen molar-refractivity contribution in [2.24, 2.45) is 0 Å². The Morgan fingerprint density at radius 3 is 2.30 bits per heavy atom. The Morgan fingerprint density at radius 1 is 0.870 bits per heavy atom. The molecule has 0 aliphatic rings. The molecule has 112 valence electrons. The van der Waals surface area contributed by atoms with Gasteiger partial charge < -0.3 is 10.3 Å². The summed E-state index contributed by atoms with van der Waals surface area (Å²) >= 11 is 0. The summed E-state index contributed by atoms with van der Waals surface area (Å²) in [5.41, 5.74) is 3.91. The van der Waals surface area contributed by atoms with E-state index in [1.807, 2.05) is 67.6 Å². The molecule has 2 aromatic carbocycles. The minimum atomic E-state index is 0.707. The molecule has 4 aromatic rings. The summed E-state index contributed by atoms with van der Waals surface area (Å²) in [5.74, 6) is 1.52. The molecule has 2 N–H and O–H groups in total. The zero-order valence-corrected chi connectivity index (χ0v) is 12.7. The monoisotopic (exact) mass is 300 g/mol. The number of aromatic nitrogens is 3. The number of rotatable bonds is 3. The van der Waals surface area contributed by atoms with Crippen LogP contribution in [0.4, 0.5) is 11.5 Å². The Balaban J connectivity index is 1.87. The SMILES string of the molecule is Cc1cc2c(Nc3ccccc3)nc(-c3ccccc3)nc2[nH]1. The number of aryl methyl sites for hydroxylation is 1. The topological polar surface area (TPSA) is 53.6 Å². The van der Waals surface area contributed by atoms with E-state index in [-0.39, 0.29) is 0 Å². The van der Waals surface area contributed by atoms with Crippen molar-refractivity contribution in [3.05, 3.63) is 72.4 Å². The second-order valence-corrected chi connectivity index (χ2v) is 5.47. The number of H-pyrrole nitrogens is 1. The van der Waals surface area contributed by atoms with Gasteiger partial charge in [-0.05, 0) is 25.1 Å². The molecule has 23 heavy (non-hydrogen) atoms. The van der Waals surface area contributed by atoms with E-state index in [2.05, 4.69) is 21.4 Å². The Hall–Kier alpha value is -3.14. The van der Waals surface area contributed by atoms with Crippen LogP contribution < -0.4 is 5.32 Å². The third kappa shape index (κ3) is 2.66. The first-order valence-corrected chi connectivity index (χ1v) is 7.54. The third-order valence-electron chi connectivity index (χ3n) is 3.69. The van der Waals surface area contributed by atoms with E-state index in [0.717, 1.165) is 33.8 Å². The average Bonchev–Trinajstić information content (AvgIpc) is 2.97. The quantitative estimate of drug-likeness (QED) is 0.577. The lowest BCUT2D eigenvalue weighted by Crippen LogP contribution is -1.98. The molecule has 0 fully saturated rings. The fourth-order valence-electron chi connectivity index (χ4n) is 2.61. The minimum Gasteiger partial charge on any atom is -0.343 e. The highest BCUT2D eigenvalue weighted by molar-refractivity contribution is 5.91. The molecule has 0 saturated heterocycles. The summed E-state index contributed by atoms with van der Waals surface area (Å²) < 4.78 is 0. The summed E-state index contributed by atoms with van der Waals surface area (Å²) in [5, 5.41) is 4.39. The summed E-state index contributed by atoms with van der Waals surface area (Å²) in [7, 11) is 0. The van der Waals surface area contributed by atoms with E-state index in [0.29, 0.717) is 5.82 Å². The molecule has 2 heterocycles. The molecule has 0 radical (unpaired) electrons. The molecule has 4 heteroatoms. The maximum Gasteiger partial charge on any atom is 0.163 e. The van der Waals surface area contributed by atoms with E-state index >= 15 is 0 Å². The van der Waals surface area contributed by atoms with Crippen LogP contribution in [0, 0.1) is 6.92 Å². The van der Waals surface area contributed by atoms with Gasteiger partial charge in [0.15, 0.2) is 5.82 Å². The Bertz CT molecular complexity index is 943. The predicted octanol–water partition coefficient (Wildman–Crippen LogP) is 4.68. The van der Waals surface area contributed by atoms with Gasteiger partial charge in [0.1, 0.15) is 11.5 Å². The molecule has 0 spiro atoms. The summed E-state index contributed by atoms with van der Waals surface area (Å²) in [6.07, 6.45) is 0. The fraction of sp³-hybridized carbons (Fsp3) is 0.0526. The van der Waals surface area contributed by atoms with Gasteiger partial charge in [-0.25, -0.2) is 9.97 Å². The minimum absolute atomic E-state index is 0.707. The van der Waals surface area contributed by atoms with E-state index in [1.54, 1.807) is 0 Å². The van der Waals surface area contributed by atoms with Gasteiger partial charge >= 0.3 is 0 Å². The number of hydrogen-bond donors (Lipinski definition) is 2. The average molecular weight is 300 g/mol. The Labute approximate surface area is 134 Å². The zero-order valence-electron chi connectivity index (χ0n) is 12.7. The zero-order chi connectivity index (χ0) is 15.6. The van der Waals surface area contributed by atoms with Crippen LogP contribution in [0.1, 0.15) is 5.69 Å². The van der Waals surface area contributed by atoms with E-state index in [9.17, 15) is 0 Å². The molecule has 2 aromatic heterocycles. The van der Waals surface area contributed by atoms with Crippen LogP contribution in [-0.2, 0) is 0 Å². The standard InChI is InChI=1S/C19H16N4/c1-13-12-16-18(20-13)22-17(14-8-4-2-5-9-14)23-19(16)21-15-10-6-3-7-11-15/h2-12H,1H3,(H2,20,21,22,23). The Morgan fingerprint density at radius 2 is 1.57 bits per heavy atom. The normalized spacial score (nSPS) is 10.8. The number of benzene rings is 2. The van der Waals surface area contributed by atoms with Crippen molar-refractivity contribution < 1.29 is 0 Å². The summed E-state index contributed by atoms with van der Waals surface area (Å²) in [4.78, 5) is 12.7. The van der Waals surface area contributed by atoms with Crippen molar-refractivity contribution in [1.29, 1.82) is 0 Å². The van der Waals surface area contributed by atoms with Crippen molar-refractivity contribution in [3.8, 4) is 11.4 Å². The van der Waals surface area contributed by atoms with Gasteiger partial charge in [0.05, 0.1) is 5.39 Å². The van der Waals surface area contributed by atoms with Crippen molar-refractivity contribution in [3.63, 3.8) is 0 Å². The molecule has 4 nitrogen and oxygen atoms in total. The second kappa shape index (κ2) is 5.57. The molecule has 0 aliphatic heterocycles. The third-order valence-corrected chi connectivity index (χ3v) is 3.69. The number of fused-ring (bicyclic) bond motifs is 1. The second-order valence-electron chi connectivity index (χ2n) is 5.47. The van der Waals surface area contributed by atoms with Crippen LogP contribution in [0.5, 0.6) is 0 Å². The Kier molecular flexibility index (Phi) is 3.27. The van der Waals surface area contributed by atoms with Crippen molar-refractivity contribution in [1.82, 2.24) is 15.0 Å². The molecule has 0 saturated carbocycles. The molecule has 0 amide bonds. The lowest BCUT2D eigenvalue weighted by Gasteiger charge is -2.09. The van der Waals surface area contributed by atoms with Gasteiger partial charge in [-0.2, -0.15) is 0 Å². The number of anilines is 2. The first-order chi connectivity index (χ1) is 11.3. The first kappa shape index (κ1) is 13.5. The van der Waals surface area contributed by atoms with Crippen molar-refractivity contribution in [2.75, 3.05) is 5.32 Å². The van der Waals surface area contributed by atoms with Crippen LogP contribution in [0.2, 0.25) is 0 Å². The van der Waals surface area contributed by atoms with Crippen LogP contribution in [0.15, 0.2) is 66.7 Å². The first-order valence-electron chi connectivity index (χ1n) is 7.54. The molecular formula is C19H16N4. The number of hydrogen-bond acceptors (Lipinski definition) is 3. The van der Waals surface area contributed by atoms with Crippen molar-refractivity contribution >= 4 is 22.5 Å². The summed E-state index contributed by atoms with van der Waals surface area (Å²) in [6.45, 7) is 2.02. The molecule has 0 unspecified atom stereocenters. The highest BCUT2D eigenvalue weighted by Gasteiger charge is 2.11. The smallest absolute Gasteiger partial charge is 0.163 e. The van der Waals surface area contributed by atoms with Gasteiger partial charge in [0.2, 0.25) is 0 Å². The molecule has 0 atom stereocenters. The van der Waals surface area contributed by atoms with E-state index < -0.39 is 0 Å². The molecular weight excluding hydrogens is 284 g/mol. The van der Waals surface area contributed by atoms with Gasteiger partial charge in [0.25, 0.3) is 0 Å². The lowest BCUT2D eigenvalue weighted by atomic mass is 10.2. The molecule has 0 bridgehead atoms. The van der Waals surface area contributed by atoms with Crippen LogP contribution in [0.3, 0.4) is 0 Å². The van der Waals surface area contributed by atoms with Gasteiger partial charge in [-0.3, -0.25) is 0 Å². The largest absolute Gasteiger partial charge is 0.343 e. The number of para-hydroxylation sites is 1. The maximum atomic E-state index is 4.74. The lowest BCUT2D eigenvalue weighted by molar-refractivity contribution is 1.19. The van der Waals surface area contributed by atoms with Gasteiger partial charge in [-0.15, -0.1) is 0 Å². The van der Waals surface area contributed by atoms with Crippen LogP contribution in [-0.4, -0.2) is 15.0 Å². The summed E-state index contributed by atoms with van der Waals surface area (Å²) in [6, 6.07) is 22.1. The number of nitrogens with zero attached hydrogens (tertiary/aromatic N) is 2. The van der Waals surface area contributed by atoms with Crippen LogP contribution in [0.25, 0.3) is 22.4 Å². The highest BCUT2D eigenvalue weighted by atomic mass is 15.1. The molecule has 0 aliphatic carbocycles. The van der Waals surface area contributed by atoms with Gasteiger partial charge in [0, 0.05) is 16.9 Å². The fourth-order valence-corrected chi connectivity index (χ4v) is 2.61.